The molecule has 5 aliphatic rings. The molecule has 6 nitrogen and oxygen atoms in total. The van der Waals surface area contributed by atoms with Gasteiger partial charge in [-0.3, -0.25) is 4.90 Å². The molecule has 2 fully saturated rings. The zero-order chi connectivity index (χ0) is 24.6. The van der Waals surface area contributed by atoms with Crippen molar-refractivity contribution >= 4 is 10.9 Å². The largest absolute Gasteiger partial charge is 0.504 e. The summed E-state index contributed by atoms with van der Waals surface area (Å²) in [6.07, 6.45) is 4.60. The number of piperidine rings is 1. The van der Waals surface area contributed by atoms with Gasteiger partial charge in [0.15, 0.2) is 17.6 Å². The molecule has 3 aromatic rings. The fourth-order valence-electron chi connectivity index (χ4n) is 8.31. The van der Waals surface area contributed by atoms with Gasteiger partial charge in [-0.25, -0.2) is 0 Å². The SMILES string of the molecule is C[N+](C)(C)Cc1ccc2[nH]c3c(c2c1)C[C@@]1(O)[C@H]2Cc4ccc(O)c5c4[C@@]1(CCN2CC1CC1)[C@H]3O5. The minimum atomic E-state index is -0.935. The monoisotopic (exact) mass is 486 g/mol. The lowest BCUT2D eigenvalue weighted by atomic mass is 9.49. The Morgan fingerprint density at radius 1 is 1.17 bits per heavy atom. The number of nitrogens with zero attached hydrogens (tertiary/aromatic N) is 2. The lowest BCUT2D eigenvalue weighted by molar-refractivity contribution is -0.883. The van der Waals surface area contributed by atoms with Gasteiger partial charge in [0.2, 0.25) is 0 Å². The molecular formula is C30H36N3O3+. The highest BCUT2D eigenvalue weighted by atomic mass is 16.5. The summed E-state index contributed by atoms with van der Waals surface area (Å²) >= 11 is 0. The zero-order valence-corrected chi connectivity index (χ0v) is 21.5. The number of likely N-dealkylation sites (tertiary alicyclic amines) is 1. The minimum absolute atomic E-state index is 0.0634. The fourth-order valence-corrected chi connectivity index (χ4v) is 8.31. The van der Waals surface area contributed by atoms with Crippen molar-refractivity contribution in [1.29, 1.82) is 0 Å². The number of benzene rings is 2. The molecule has 0 amide bonds. The van der Waals surface area contributed by atoms with Crippen LogP contribution in [0.5, 0.6) is 11.5 Å². The highest BCUT2D eigenvalue weighted by Gasteiger charge is 2.72. The van der Waals surface area contributed by atoms with Gasteiger partial charge < -0.3 is 24.4 Å². The van der Waals surface area contributed by atoms with Gasteiger partial charge in [0.1, 0.15) is 6.54 Å². The molecule has 2 aliphatic heterocycles. The van der Waals surface area contributed by atoms with E-state index in [4.69, 9.17) is 4.74 Å². The molecular weight excluding hydrogens is 450 g/mol. The second-order valence-corrected chi connectivity index (χ2v) is 13.3. The molecule has 2 aromatic carbocycles. The number of aromatic hydroxyl groups is 1. The maximum absolute atomic E-state index is 13.0. The van der Waals surface area contributed by atoms with E-state index in [1.165, 1.54) is 34.9 Å². The molecule has 2 bridgehead atoms. The third-order valence-electron chi connectivity index (χ3n) is 9.88. The van der Waals surface area contributed by atoms with Gasteiger partial charge in [0, 0.05) is 41.0 Å². The summed E-state index contributed by atoms with van der Waals surface area (Å²) in [4.78, 5) is 6.32. The summed E-state index contributed by atoms with van der Waals surface area (Å²) in [6, 6.07) is 10.7. The van der Waals surface area contributed by atoms with E-state index in [9.17, 15) is 10.2 Å². The van der Waals surface area contributed by atoms with E-state index in [2.05, 4.69) is 55.3 Å². The van der Waals surface area contributed by atoms with Crippen molar-refractivity contribution in [3.8, 4) is 11.5 Å². The normalized spacial score (nSPS) is 32.3. The van der Waals surface area contributed by atoms with Crippen LogP contribution in [-0.2, 0) is 24.8 Å². The molecule has 3 aliphatic carbocycles. The number of aromatic nitrogens is 1. The van der Waals surface area contributed by atoms with Crippen LogP contribution in [0.4, 0.5) is 0 Å². The van der Waals surface area contributed by atoms with Crippen molar-refractivity contribution in [2.24, 2.45) is 5.92 Å². The Balaban J connectivity index is 1.35. The van der Waals surface area contributed by atoms with Crippen LogP contribution in [0.15, 0.2) is 30.3 Å². The molecule has 1 spiro atoms. The Morgan fingerprint density at radius 3 is 2.78 bits per heavy atom. The third-order valence-corrected chi connectivity index (χ3v) is 9.88. The number of nitrogens with one attached hydrogen (secondary N) is 1. The number of H-pyrrole nitrogens is 1. The predicted octanol–water partition coefficient (Wildman–Crippen LogP) is 3.78. The molecule has 1 saturated heterocycles. The first-order valence-electron chi connectivity index (χ1n) is 13.6. The van der Waals surface area contributed by atoms with Gasteiger partial charge >= 0.3 is 0 Å². The smallest absolute Gasteiger partial charge is 0.166 e. The number of phenols is 1. The Kier molecular flexibility index (Phi) is 3.98. The van der Waals surface area contributed by atoms with Gasteiger partial charge in [0.05, 0.1) is 37.9 Å². The first-order valence-corrected chi connectivity index (χ1v) is 13.6. The summed E-state index contributed by atoms with van der Waals surface area (Å²) in [6.45, 7) is 3.01. The Hall–Kier alpha value is -2.54. The van der Waals surface area contributed by atoms with Gasteiger partial charge in [-0.15, -0.1) is 0 Å². The van der Waals surface area contributed by atoms with Crippen molar-refractivity contribution in [2.75, 3.05) is 34.2 Å². The number of ether oxygens (including phenoxy) is 1. The Bertz CT molecular complexity index is 1430. The molecule has 188 valence electrons. The van der Waals surface area contributed by atoms with E-state index in [0.717, 1.165) is 59.7 Å². The second kappa shape index (κ2) is 6.66. The number of aromatic amines is 1. The Labute approximate surface area is 212 Å². The molecule has 1 aromatic heterocycles. The van der Waals surface area contributed by atoms with Gasteiger partial charge in [-0.2, -0.15) is 0 Å². The molecule has 0 radical (unpaired) electrons. The van der Waals surface area contributed by atoms with Crippen LogP contribution < -0.4 is 4.74 Å². The molecule has 0 unspecified atom stereocenters. The van der Waals surface area contributed by atoms with Crippen LogP contribution in [0.25, 0.3) is 10.9 Å². The number of quaternary nitrogens is 1. The first kappa shape index (κ1) is 21.5. The predicted molar refractivity (Wildman–Crippen MR) is 138 cm³/mol. The van der Waals surface area contributed by atoms with Crippen LogP contribution in [0, 0.1) is 5.92 Å². The quantitative estimate of drug-likeness (QED) is 0.491. The number of fused-ring (bicyclic) bond motifs is 4. The highest BCUT2D eigenvalue weighted by Crippen LogP contribution is 2.69. The molecule has 8 rings (SSSR count). The summed E-state index contributed by atoms with van der Waals surface area (Å²) < 4.78 is 7.57. The summed E-state index contributed by atoms with van der Waals surface area (Å²) in [5.41, 5.74) is 5.56. The Morgan fingerprint density at radius 2 is 2.00 bits per heavy atom. The number of phenolic OH excluding ortho intramolecular Hbond substituents is 1. The van der Waals surface area contributed by atoms with E-state index in [-0.39, 0.29) is 17.9 Å². The van der Waals surface area contributed by atoms with E-state index < -0.39 is 11.0 Å². The van der Waals surface area contributed by atoms with E-state index in [1.54, 1.807) is 6.07 Å². The second-order valence-electron chi connectivity index (χ2n) is 13.3. The molecule has 36 heavy (non-hydrogen) atoms. The molecule has 4 atom stereocenters. The zero-order valence-electron chi connectivity index (χ0n) is 21.5. The van der Waals surface area contributed by atoms with E-state index in [0.29, 0.717) is 12.2 Å². The van der Waals surface area contributed by atoms with Crippen LogP contribution in [0.3, 0.4) is 0 Å². The number of hydrogen-bond donors (Lipinski definition) is 3. The average Bonchev–Trinajstić information content (AvgIpc) is 3.45. The van der Waals surface area contributed by atoms with Gasteiger partial charge in [0.25, 0.3) is 0 Å². The molecule has 1 saturated carbocycles. The van der Waals surface area contributed by atoms with Crippen LogP contribution in [-0.4, -0.2) is 70.5 Å². The number of aliphatic hydroxyl groups is 1. The van der Waals surface area contributed by atoms with Crippen molar-refractivity contribution in [3.63, 3.8) is 0 Å². The minimum Gasteiger partial charge on any atom is -0.504 e. The number of hydrogen-bond acceptors (Lipinski definition) is 4. The molecule has 3 heterocycles. The summed E-state index contributed by atoms with van der Waals surface area (Å²) in [5, 5.41) is 25.0. The van der Waals surface area contributed by atoms with Crippen LogP contribution >= 0.6 is 0 Å². The van der Waals surface area contributed by atoms with Crippen molar-refractivity contribution in [2.45, 2.75) is 61.8 Å². The van der Waals surface area contributed by atoms with Crippen molar-refractivity contribution < 1.29 is 19.4 Å². The summed E-state index contributed by atoms with van der Waals surface area (Å²) in [5.74, 6) is 1.57. The first-order chi connectivity index (χ1) is 17.2. The van der Waals surface area contributed by atoms with E-state index in [1.807, 2.05) is 0 Å². The van der Waals surface area contributed by atoms with Gasteiger partial charge in [-0.1, -0.05) is 12.1 Å². The topological polar surface area (TPSA) is 68.7 Å². The van der Waals surface area contributed by atoms with Crippen LogP contribution in [0.1, 0.15) is 53.3 Å². The highest BCUT2D eigenvalue weighted by molar-refractivity contribution is 5.87. The lowest BCUT2D eigenvalue weighted by Crippen LogP contribution is -2.74. The van der Waals surface area contributed by atoms with Crippen LogP contribution in [0.2, 0.25) is 0 Å². The fraction of sp³-hybridized carbons (Fsp3) is 0.533. The maximum Gasteiger partial charge on any atom is 0.166 e. The third kappa shape index (κ3) is 2.62. The molecule has 6 heteroatoms. The van der Waals surface area contributed by atoms with Crippen molar-refractivity contribution in [3.05, 3.63) is 58.3 Å². The average molecular weight is 487 g/mol. The van der Waals surface area contributed by atoms with Crippen molar-refractivity contribution in [1.82, 2.24) is 9.88 Å². The van der Waals surface area contributed by atoms with E-state index >= 15 is 0 Å². The van der Waals surface area contributed by atoms with Gasteiger partial charge in [-0.05, 0) is 67.5 Å². The molecule has 3 N–H and O–H groups in total. The lowest BCUT2D eigenvalue weighted by Gasteiger charge is -2.62. The standard InChI is InChI=1S/C30H35N3O3/c1-33(2,3)16-18-6-8-22-20(12-18)21-14-30(35)24-13-19-7-9-23(34)27-25(19)29(30,28(36-27)26(21)31-22)10-11-32(24)15-17-4-5-17/h6-9,12,17,24,28,31,35H,4-5,10-11,13-16H2,1-3H3/p+1/t24-,28+,29+,30-/m1/s1. The summed E-state index contributed by atoms with van der Waals surface area (Å²) in [7, 11) is 6.65. The number of rotatable bonds is 4. The maximum atomic E-state index is 13.0.